The molecule has 47 heavy (non-hydrogen) atoms. The van der Waals surface area contributed by atoms with Crippen molar-refractivity contribution in [2.75, 3.05) is 25.5 Å². The van der Waals surface area contributed by atoms with E-state index in [0.717, 1.165) is 24.8 Å². The summed E-state index contributed by atoms with van der Waals surface area (Å²) in [5.74, 6) is -1.76. The van der Waals surface area contributed by atoms with Gasteiger partial charge in [0.25, 0.3) is 5.91 Å². The highest BCUT2D eigenvalue weighted by Crippen LogP contribution is 2.27. The lowest BCUT2D eigenvalue weighted by Crippen LogP contribution is -2.42. The highest BCUT2D eigenvalue weighted by atomic mass is 16.5. The molecule has 0 heterocycles. The van der Waals surface area contributed by atoms with Crippen LogP contribution in [0.15, 0.2) is 72.0 Å². The monoisotopic (exact) mass is 646 g/mol. The number of likely N-dealkylation sites (N-methyl/N-ethyl adjacent to an activating group) is 1. The third-order valence-corrected chi connectivity index (χ3v) is 7.57. The van der Waals surface area contributed by atoms with Crippen LogP contribution in [-0.2, 0) is 16.1 Å². The number of rotatable bonds is 14. The minimum Gasteiger partial charge on any atom is -0.507 e. The Kier molecular flexibility index (Phi) is 13.3. The Morgan fingerprint density at radius 1 is 0.979 bits per heavy atom. The molecule has 0 spiro atoms. The number of phenolic OH excluding ortho intramolecular Hbond substituents is 2. The smallest absolute Gasteiger partial charge is 0.329 e. The summed E-state index contributed by atoms with van der Waals surface area (Å²) in [6.07, 6.45) is 9.04. The second-order valence-corrected chi connectivity index (χ2v) is 12.1. The molecule has 1 aliphatic rings. The molecule has 0 aromatic heterocycles. The van der Waals surface area contributed by atoms with Crippen LogP contribution in [0.2, 0.25) is 0 Å². The number of urea groups is 1. The fourth-order valence-corrected chi connectivity index (χ4v) is 4.97. The van der Waals surface area contributed by atoms with E-state index in [1.165, 1.54) is 28.0 Å². The number of carbonyl (C=O) groups excluding carboxylic acids is 4. The van der Waals surface area contributed by atoms with Gasteiger partial charge in [0.15, 0.2) is 6.29 Å². The first-order valence-electron chi connectivity index (χ1n) is 15.7. The van der Waals surface area contributed by atoms with Crippen LogP contribution in [0.5, 0.6) is 11.5 Å². The Morgan fingerprint density at radius 3 is 2.32 bits per heavy atom. The summed E-state index contributed by atoms with van der Waals surface area (Å²) in [7, 11) is 3.25. The summed E-state index contributed by atoms with van der Waals surface area (Å²) >= 11 is 0. The van der Waals surface area contributed by atoms with Crippen LogP contribution >= 0.6 is 0 Å². The number of aromatic hydroxyl groups is 2. The molecule has 1 unspecified atom stereocenters. The maximum Gasteiger partial charge on any atom is 0.329 e. The molecule has 0 aliphatic heterocycles. The lowest BCUT2D eigenvalue weighted by molar-refractivity contribution is -0.149. The molecule has 0 fully saturated rings. The number of esters is 1. The largest absolute Gasteiger partial charge is 0.507 e. The quantitative estimate of drug-likeness (QED) is 0.120. The number of allylic oxidation sites excluding steroid dienone is 4. The summed E-state index contributed by atoms with van der Waals surface area (Å²) < 4.78 is 5.37. The minimum atomic E-state index is -1.12. The predicted molar refractivity (Wildman–Crippen MR) is 181 cm³/mol. The highest BCUT2D eigenvalue weighted by molar-refractivity contribution is 6.01. The Labute approximate surface area is 276 Å². The van der Waals surface area contributed by atoms with Gasteiger partial charge >= 0.3 is 12.0 Å². The number of nitrogens with one attached hydrogen (secondary N) is 2. The topological polar surface area (TPSA) is 149 Å². The second kappa shape index (κ2) is 17.1. The Morgan fingerprint density at radius 2 is 1.68 bits per heavy atom. The van der Waals surface area contributed by atoms with Crippen molar-refractivity contribution in [1.29, 1.82) is 0 Å². The van der Waals surface area contributed by atoms with Gasteiger partial charge < -0.3 is 25.6 Å². The average Bonchev–Trinajstić information content (AvgIpc) is 3.26. The number of amides is 3. The van der Waals surface area contributed by atoms with E-state index in [4.69, 9.17) is 4.74 Å². The van der Waals surface area contributed by atoms with Crippen molar-refractivity contribution in [3.05, 3.63) is 88.7 Å². The fourth-order valence-electron chi connectivity index (χ4n) is 4.97. The van der Waals surface area contributed by atoms with Crippen LogP contribution in [0.1, 0.15) is 73.2 Å². The molecule has 0 saturated heterocycles. The van der Waals surface area contributed by atoms with Gasteiger partial charge in [0.05, 0.1) is 11.8 Å². The van der Waals surface area contributed by atoms with Crippen molar-refractivity contribution in [1.82, 2.24) is 15.5 Å². The molecule has 2 aromatic carbocycles. The summed E-state index contributed by atoms with van der Waals surface area (Å²) in [6, 6.07) is 7.89. The molecule has 1 atom stereocenters. The predicted octanol–water partition coefficient (Wildman–Crippen LogP) is 5.44. The first-order chi connectivity index (χ1) is 22.3. The molecule has 3 rings (SSSR count). The van der Waals surface area contributed by atoms with E-state index < -0.39 is 35.5 Å². The van der Waals surface area contributed by atoms with Gasteiger partial charge in [0, 0.05) is 38.3 Å². The van der Waals surface area contributed by atoms with Gasteiger partial charge in [-0.15, -0.1) is 0 Å². The van der Waals surface area contributed by atoms with Crippen molar-refractivity contribution >= 4 is 29.9 Å². The number of hydrogen-bond acceptors (Lipinski definition) is 8. The van der Waals surface area contributed by atoms with Gasteiger partial charge in [-0.05, 0) is 80.6 Å². The van der Waals surface area contributed by atoms with E-state index in [2.05, 4.69) is 24.5 Å². The Hall–Kier alpha value is -4.90. The summed E-state index contributed by atoms with van der Waals surface area (Å²) in [5, 5.41) is 26.2. The Bertz CT molecular complexity index is 1520. The van der Waals surface area contributed by atoms with Crippen LogP contribution in [0.4, 0.5) is 10.5 Å². The number of benzene rings is 2. The highest BCUT2D eigenvalue weighted by Gasteiger charge is 2.27. The normalized spacial score (nSPS) is 13.4. The number of ether oxygens (including phenoxy) is 1. The molecule has 2 aromatic rings. The van der Waals surface area contributed by atoms with E-state index in [1.54, 1.807) is 52.2 Å². The van der Waals surface area contributed by atoms with Crippen molar-refractivity contribution in [2.24, 2.45) is 5.92 Å². The maximum absolute atomic E-state index is 13.5. The summed E-state index contributed by atoms with van der Waals surface area (Å²) in [4.78, 5) is 54.3. The van der Waals surface area contributed by atoms with E-state index in [9.17, 15) is 29.4 Å². The average molecular weight is 647 g/mol. The van der Waals surface area contributed by atoms with Gasteiger partial charge in [-0.1, -0.05) is 44.2 Å². The Balaban J connectivity index is 1.71. The third kappa shape index (κ3) is 10.3. The number of nitrogens with zero attached hydrogens (tertiary/aromatic N) is 2. The summed E-state index contributed by atoms with van der Waals surface area (Å²) in [5.41, 5.74) is 2.78. The molecule has 3 amide bonds. The first-order valence-corrected chi connectivity index (χ1v) is 15.7. The first kappa shape index (κ1) is 36.6. The number of hydrogen-bond donors (Lipinski definition) is 4. The third-order valence-electron chi connectivity index (χ3n) is 7.57. The van der Waals surface area contributed by atoms with E-state index in [1.807, 2.05) is 18.2 Å². The molecule has 4 N–H and O–H groups in total. The lowest BCUT2D eigenvalue weighted by atomic mass is 10.0. The van der Waals surface area contributed by atoms with Gasteiger partial charge in [-0.2, -0.15) is 0 Å². The van der Waals surface area contributed by atoms with E-state index in [0.29, 0.717) is 41.4 Å². The molecule has 1 aliphatic carbocycles. The minimum absolute atomic E-state index is 0.0577. The van der Waals surface area contributed by atoms with Crippen LogP contribution < -0.4 is 15.5 Å². The molecular formula is C36H46N4O7. The zero-order valence-electron chi connectivity index (χ0n) is 27.9. The van der Waals surface area contributed by atoms with E-state index >= 15 is 0 Å². The second-order valence-electron chi connectivity index (χ2n) is 12.1. The molecule has 11 nitrogen and oxygen atoms in total. The maximum atomic E-state index is 13.5. The van der Waals surface area contributed by atoms with Crippen molar-refractivity contribution in [2.45, 2.75) is 65.6 Å². The van der Waals surface area contributed by atoms with E-state index in [-0.39, 0.29) is 18.0 Å². The number of carbonyl (C=O) groups is 4. The van der Waals surface area contributed by atoms with Crippen molar-refractivity contribution < 1.29 is 34.1 Å². The molecule has 11 heteroatoms. The molecule has 252 valence electrons. The van der Waals surface area contributed by atoms with Gasteiger partial charge in [0.1, 0.15) is 23.1 Å². The molecule has 0 bridgehead atoms. The van der Waals surface area contributed by atoms with Crippen molar-refractivity contribution in [3.8, 4) is 11.5 Å². The number of anilines is 1. The number of phenols is 2. The van der Waals surface area contributed by atoms with Crippen LogP contribution in [0, 0.1) is 5.92 Å². The van der Waals surface area contributed by atoms with Gasteiger partial charge in [-0.25, -0.2) is 9.59 Å². The van der Waals surface area contributed by atoms with Gasteiger partial charge in [-0.3, -0.25) is 19.4 Å². The van der Waals surface area contributed by atoms with Crippen LogP contribution in [0.25, 0.3) is 0 Å². The van der Waals surface area contributed by atoms with Gasteiger partial charge in [0.2, 0.25) is 0 Å². The zero-order chi connectivity index (χ0) is 34.7. The van der Waals surface area contributed by atoms with Crippen LogP contribution in [-0.4, -0.2) is 72.1 Å². The lowest BCUT2D eigenvalue weighted by Gasteiger charge is -2.27. The molecule has 0 radical (unpaired) electrons. The standard InChI is InChI=1S/C36H46N4O7/c1-23(2)17-18-37-21-26-14-16-30(27(19-26)22-41)40(6)36(46)39(5)28-10-7-9-25(13-15-28)20-29(35(45)47-24(3)4)38-34(44)33-31(42)11-8-12-32(33)43/h8-16,19,22-24,29,37,42-43H,7,17-18,20-21H2,1-6H3,(H,38,44). The van der Waals surface area contributed by atoms with Crippen molar-refractivity contribution in [3.63, 3.8) is 0 Å². The molecule has 0 saturated carbocycles. The number of aldehydes is 1. The fraction of sp³-hybridized carbons (Fsp3) is 0.389. The van der Waals surface area contributed by atoms with Crippen LogP contribution in [0.3, 0.4) is 0 Å². The zero-order valence-corrected chi connectivity index (χ0v) is 27.9. The molecular weight excluding hydrogens is 600 g/mol. The summed E-state index contributed by atoms with van der Waals surface area (Å²) in [6.45, 7) is 9.20. The SMILES string of the molecule is CC(C)CCNCc1ccc(N(C)C(=O)N(C)C2=CCC=C(CC(NC(=O)c3c(O)cccc3O)C(=O)OC(C)C)C=C2)c(C=O)c1.